The summed E-state index contributed by atoms with van der Waals surface area (Å²) in [5, 5.41) is 263. The first-order valence-corrected chi connectivity index (χ1v) is 33.4. The van der Waals surface area contributed by atoms with E-state index in [1.54, 1.807) is 0 Å². The minimum atomic E-state index is -3.62. The van der Waals surface area contributed by atoms with E-state index in [0.717, 1.165) is 0 Å². The molecule has 5 atom stereocenters. The van der Waals surface area contributed by atoms with E-state index in [0.29, 0.717) is 128 Å². The zero-order valence-electron chi connectivity index (χ0n) is 60.4. The molecule has 1 saturated heterocycles. The Labute approximate surface area is 673 Å². The van der Waals surface area contributed by atoms with Gasteiger partial charge in [-0.1, -0.05) is 0 Å². The van der Waals surface area contributed by atoms with Crippen molar-refractivity contribution in [2.24, 2.45) is 5.41 Å². The standard InChI is InChI=1S/C77H54O45/c1-77(65(103)23-2-43(88)59(98)48(17-23)114-68(105)24-3-33(78)54(93)34(79)4-24)66(121-74(111)31-15-46(91)62(101)51(20-31)117-71(108)27-9-39(84)57(96)40(85)10-27)64(120-73(110)30-14-45(90)61(100)50(19-30)116-70(107)26-7-37(82)56(95)38(83)8-26)53(22-113-67(104)29-13-44(89)60(99)49(18-29)115-69(106)25-5-35(80)55(94)36(81)6-25)119-76(77)122-75(112)32-16-47(92)63(102)52(21-32)118-72(109)28-11-41(86)58(97)42(87)12-28/h2-21,53,64,66,76,78-102H,22H2,1H3/t53-,64-,66+,76+,77+/m1/s1. The van der Waals surface area contributed by atoms with E-state index in [2.05, 4.69) is 0 Å². The molecule has 1 aliphatic rings. The first-order chi connectivity index (χ1) is 57.2. The number of phenolic OH excluding ortho intramolecular Hbond substituents is 25. The molecule has 0 amide bonds. The summed E-state index contributed by atoms with van der Waals surface area (Å²) in [5.41, 5.74) is -13.6. The minimum absolute atomic E-state index is 0.295. The van der Waals surface area contributed by atoms with Crippen LogP contribution in [0, 0.1) is 5.41 Å². The van der Waals surface area contributed by atoms with Gasteiger partial charge in [-0.25, -0.2) is 43.2 Å². The first-order valence-electron chi connectivity index (χ1n) is 33.4. The minimum Gasteiger partial charge on any atom is -0.504 e. The van der Waals surface area contributed by atoms with Gasteiger partial charge in [0.1, 0.15) is 18.1 Å². The zero-order valence-corrected chi connectivity index (χ0v) is 60.4. The average Bonchev–Trinajstić information content (AvgIpc) is 0.726. The molecule has 11 rings (SSSR count). The van der Waals surface area contributed by atoms with Crippen LogP contribution in [-0.2, 0) is 23.7 Å². The second kappa shape index (κ2) is 32.7. The maximum absolute atomic E-state index is 16.5. The molecule has 0 radical (unpaired) electrons. The number of benzene rings is 10. The van der Waals surface area contributed by atoms with E-state index in [9.17, 15) is 156 Å². The number of ether oxygens (including phenoxy) is 10. The van der Waals surface area contributed by atoms with Crippen LogP contribution in [0.15, 0.2) is 121 Å². The Bertz CT molecular complexity index is 6010. The predicted octanol–water partition coefficient (Wildman–Crippen LogP) is 5.50. The van der Waals surface area contributed by atoms with Gasteiger partial charge in [0.25, 0.3) is 0 Å². The lowest BCUT2D eigenvalue weighted by Crippen LogP contribution is -2.67. The summed E-state index contributed by atoms with van der Waals surface area (Å²) in [6.45, 7) is -1.21. The fourth-order valence-corrected chi connectivity index (χ4v) is 11.3. The van der Waals surface area contributed by atoms with Crippen molar-refractivity contribution >= 4 is 59.5 Å². The highest BCUT2D eigenvalue weighted by atomic mass is 16.7. The molecule has 0 unspecified atom stereocenters. The molecule has 0 spiro atoms. The highest BCUT2D eigenvalue weighted by Crippen LogP contribution is 2.51. The van der Waals surface area contributed by atoms with Crippen molar-refractivity contribution in [3.8, 4) is 172 Å². The summed E-state index contributed by atoms with van der Waals surface area (Å²) in [4.78, 5) is 145. The molecular formula is C77H54O45. The summed E-state index contributed by atoms with van der Waals surface area (Å²) < 4.78 is 55.5. The molecule has 25 N–H and O–H groups in total. The van der Waals surface area contributed by atoms with Crippen LogP contribution in [0.5, 0.6) is 172 Å². The quantitative estimate of drug-likeness (QED) is 0.0139. The summed E-state index contributed by atoms with van der Waals surface area (Å²) in [6.07, 6.45) is -12.2. The van der Waals surface area contributed by atoms with E-state index in [1.807, 2.05) is 0 Å². The smallest absolute Gasteiger partial charge is 0.343 e. The van der Waals surface area contributed by atoms with Crippen LogP contribution in [0.4, 0.5) is 0 Å². The average molecular weight is 1700 g/mol. The number of aromatic hydroxyl groups is 25. The topological polar surface area (TPSA) is 769 Å². The maximum Gasteiger partial charge on any atom is 0.343 e. The van der Waals surface area contributed by atoms with E-state index < -0.39 is 324 Å². The number of hydrogen-bond acceptors (Lipinski definition) is 45. The van der Waals surface area contributed by atoms with Crippen LogP contribution < -0.4 is 23.7 Å². The molecule has 45 heteroatoms. The number of hydrogen-bond donors (Lipinski definition) is 25. The Morgan fingerprint density at radius 2 is 0.451 bits per heavy atom. The molecule has 0 bridgehead atoms. The maximum atomic E-state index is 16.5. The van der Waals surface area contributed by atoms with Gasteiger partial charge < -0.3 is 175 Å². The van der Waals surface area contributed by atoms with E-state index in [-0.39, 0.29) is 0 Å². The zero-order chi connectivity index (χ0) is 89.6. The van der Waals surface area contributed by atoms with Crippen LogP contribution >= 0.6 is 0 Å². The van der Waals surface area contributed by atoms with Gasteiger partial charge in [0, 0.05) is 5.56 Å². The van der Waals surface area contributed by atoms with Crippen LogP contribution in [0.25, 0.3) is 0 Å². The largest absolute Gasteiger partial charge is 0.504 e. The summed E-state index contributed by atoms with van der Waals surface area (Å²) >= 11 is 0. The van der Waals surface area contributed by atoms with E-state index in [1.165, 1.54) is 0 Å². The van der Waals surface area contributed by atoms with E-state index >= 15 is 19.2 Å². The van der Waals surface area contributed by atoms with Crippen molar-refractivity contribution in [3.63, 3.8) is 0 Å². The Morgan fingerprint density at radius 1 is 0.254 bits per heavy atom. The van der Waals surface area contributed by atoms with Crippen molar-refractivity contribution in [3.05, 3.63) is 177 Å². The van der Waals surface area contributed by atoms with Crippen molar-refractivity contribution < 1.29 is 223 Å². The molecule has 122 heavy (non-hydrogen) atoms. The van der Waals surface area contributed by atoms with Crippen molar-refractivity contribution in [1.82, 2.24) is 0 Å². The van der Waals surface area contributed by atoms with Crippen molar-refractivity contribution in [1.29, 1.82) is 0 Å². The van der Waals surface area contributed by atoms with Crippen molar-refractivity contribution in [2.75, 3.05) is 6.61 Å². The van der Waals surface area contributed by atoms with Crippen LogP contribution in [-0.4, -0.2) is 218 Å². The van der Waals surface area contributed by atoms with Gasteiger partial charge in [0.2, 0.25) is 35.0 Å². The lowest BCUT2D eigenvalue weighted by Gasteiger charge is -2.49. The molecule has 632 valence electrons. The summed E-state index contributed by atoms with van der Waals surface area (Å²) in [5.74, 6) is -56.3. The molecule has 0 aromatic heterocycles. The van der Waals surface area contributed by atoms with Crippen LogP contribution in [0.2, 0.25) is 0 Å². The van der Waals surface area contributed by atoms with Crippen LogP contribution in [0.1, 0.15) is 111 Å². The Hall–Kier alpha value is -17.9. The van der Waals surface area contributed by atoms with Gasteiger partial charge in [-0.05, 0) is 128 Å². The number of rotatable bonds is 21. The normalized spacial score (nSPS) is 15.3. The van der Waals surface area contributed by atoms with Gasteiger partial charge in [-0.3, -0.25) is 4.79 Å². The highest BCUT2D eigenvalue weighted by Gasteiger charge is 2.64. The Kier molecular flexibility index (Phi) is 22.8. The van der Waals surface area contributed by atoms with Gasteiger partial charge in [0.15, 0.2) is 162 Å². The molecule has 1 fully saturated rings. The Morgan fingerprint density at radius 3 is 0.705 bits per heavy atom. The van der Waals surface area contributed by atoms with Gasteiger partial charge in [-0.15, -0.1) is 0 Å². The molecule has 10 aromatic rings. The summed E-state index contributed by atoms with van der Waals surface area (Å²) in [6, 6.07) is 8.53. The lowest BCUT2D eigenvalue weighted by molar-refractivity contribution is -0.283. The SMILES string of the molecule is C[C@@]1(C(=O)c2cc(O)c(O)c(OC(=O)c3cc(O)c(O)c(O)c3)c2)[C@H](OC(=O)c2cc(O)c(O)c(OC(=O)c3cc(O)c(O)c(O)c3)c2)O[C@H](COC(=O)c2cc(O)c(O)c(OC(=O)c3cc(O)c(O)c(O)c3)c2)[C@@H](OC(=O)c2cc(O)c(O)c(OC(=O)c3cc(O)c(O)c(O)c3)c2)[C@@H]1OC(=O)c1cc(O)c(O)c(OC(=O)c2cc(O)c(O)c(O)c2)c1. The molecule has 0 saturated carbocycles. The number of Topliss-reactive ketones (excluding diaryl/α,β-unsaturated/α-hetero) is 1. The van der Waals surface area contributed by atoms with Crippen molar-refractivity contribution in [2.45, 2.75) is 31.5 Å². The second-order valence-electron chi connectivity index (χ2n) is 25.8. The third-order valence-corrected chi connectivity index (χ3v) is 17.6. The predicted molar refractivity (Wildman–Crippen MR) is 386 cm³/mol. The highest BCUT2D eigenvalue weighted by molar-refractivity contribution is 6.05. The number of phenols is 25. The monoisotopic (exact) mass is 1700 g/mol. The first kappa shape index (κ1) is 85.0. The number of esters is 9. The second-order valence-corrected chi connectivity index (χ2v) is 25.8. The molecule has 10 aromatic carbocycles. The van der Waals surface area contributed by atoms with Gasteiger partial charge >= 0.3 is 53.7 Å². The van der Waals surface area contributed by atoms with Gasteiger partial charge in [0.05, 0.1) is 50.1 Å². The molecular weight excluding hydrogens is 1640 g/mol. The molecule has 45 nitrogen and oxygen atoms in total. The molecule has 0 aliphatic carbocycles. The third kappa shape index (κ3) is 16.8. The summed E-state index contributed by atoms with van der Waals surface area (Å²) in [7, 11) is 0. The number of carbonyl (C=O) groups excluding carboxylic acids is 10. The third-order valence-electron chi connectivity index (χ3n) is 17.6. The van der Waals surface area contributed by atoms with E-state index in [4.69, 9.17) is 47.4 Å². The van der Waals surface area contributed by atoms with Crippen LogP contribution in [0.3, 0.4) is 0 Å². The number of carbonyl (C=O) groups is 10. The molecule has 1 aliphatic heterocycles. The fourth-order valence-electron chi connectivity index (χ4n) is 11.3. The lowest BCUT2D eigenvalue weighted by atomic mass is 9.71. The van der Waals surface area contributed by atoms with Gasteiger partial charge in [-0.2, -0.15) is 0 Å². The molecule has 1 heterocycles. The number of ketones is 1. The fraction of sp³-hybridized carbons (Fsp3) is 0.0909. The Balaban J connectivity index is 1.12.